The van der Waals surface area contributed by atoms with Gasteiger partial charge < -0.3 is 39.4 Å². The maximum Gasteiger partial charge on any atom is 0.243 e. The van der Waals surface area contributed by atoms with Gasteiger partial charge in [0.1, 0.15) is 5.75 Å². The number of hydrogen-bond donors (Lipinski definition) is 0. The van der Waals surface area contributed by atoms with Gasteiger partial charge >= 0.3 is 0 Å². The van der Waals surface area contributed by atoms with Crippen molar-refractivity contribution in [1.82, 2.24) is 18.4 Å². The van der Waals surface area contributed by atoms with Crippen LogP contribution in [0.2, 0.25) is 0 Å². The molecule has 0 unspecified atom stereocenters. The van der Waals surface area contributed by atoms with Crippen molar-refractivity contribution in [3.05, 3.63) is 53.1 Å². The molecule has 0 atom stereocenters. The molecule has 0 radical (unpaired) electrons. The van der Waals surface area contributed by atoms with Crippen molar-refractivity contribution >= 4 is 20.0 Å². The average Bonchev–Trinajstić information content (AvgIpc) is 3.09. The SMILES string of the molecule is COc1ccc(S(=O)(=O)N2CCC(N3CCC(C)CC3)CC2)cc1.Cc1cc(C)c(S(=O)(=O)N2CCC(N3CCC(C)CC3)CC2)c(C)c1.[Cl-].[Cl-]. The summed E-state index contributed by atoms with van der Waals surface area (Å²) in [5.74, 6) is 2.34. The Labute approximate surface area is 321 Å². The Hall–Kier alpha value is -1.44. The van der Waals surface area contributed by atoms with E-state index in [9.17, 15) is 16.8 Å². The van der Waals surface area contributed by atoms with Gasteiger partial charge in [0.15, 0.2) is 0 Å². The third-order valence-corrected chi connectivity index (χ3v) is 15.5. The second-order valence-corrected chi connectivity index (χ2v) is 18.9. The molecule has 51 heavy (non-hydrogen) atoms. The van der Waals surface area contributed by atoms with Crippen LogP contribution >= 0.6 is 0 Å². The van der Waals surface area contributed by atoms with E-state index in [1.807, 2.05) is 32.9 Å². The van der Waals surface area contributed by atoms with Gasteiger partial charge in [-0.15, -0.1) is 0 Å². The van der Waals surface area contributed by atoms with Gasteiger partial charge in [-0.1, -0.05) is 31.5 Å². The molecule has 4 aliphatic heterocycles. The quantitative estimate of drug-likeness (QED) is 0.394. The van der Waals surface area contributed by atoms with Crippen LogP contribution < -0.4 is 29.6 Å². The number of piperidine rings is 4. The number of ether oxygens (including phenoxy) is 1. The lowest BCUT2D eigenvalue weighted by Gasteiger charge is -2.41. The molecule has 0 spiro atoms. The molecule has 2 aromatic carbocycles. The molecule has 4 fully saturated rings. The first-order valence-corrected chi connectivity index (χ1v) is 21.4. The van der Waals surface area contributed by atoms with Gasteiger partial charge in [-0.25, -0.2) is 16.8 Å². The number of methoxy groups -OCH3 is 1. The van der Waals surface area contributed by atoms with Crippen molar-refractivity contribution in [1.29, 1.82) is 0 Å². The lowest BCUT2D eigenvalue weighted by Crippen LogP contribution is -3.00. The van der Waals surface area contributed by atoms with Crippen LogP contribution in [0.25, 0.3) is 0 Å². The van der Waals surface area contributed by atoms with Crippen LogP contribution in [-0.4, -0.2) is 107 Å². The molecule has 0 saturated carbocycles. The minimum atomic E-state index is -3.39. The molecular weight excluding hydrogens is 727 g/mol. The highest BCUT2D eigenvalue weighted by Gasteiger charge is 2.35. The molecule has 0 aromatic heterocycles. The fourth-order valence-corrected chi connectivity index (χ4v) is 11.6. The predicted molar refractivity (Wildman–Crippen MR) is 197 cm³/mol. The second-order valence-electron chi connectivity index (χ2n) is 15.1. The number of sulfonamides is 2. The van der Waals surface area contributed by atoms with Gasteiger partial charge in [0.2, 0.25) is 20.0 Å². The molecule has 6 rings (SSSR count). The number of rotatable bonds is 7. The van der Waals surface area contributed by atoms with Crippen molar-refractivity contribution in [3.63, 3.8) is 0 Å². The van der Waals surface area contributed by atoms with E-state index in [2.05, 4.69) is 23.6 Å². The molecule has 4 saturated heterocycles. The Morgan fingerprint density at radius 2 is 0.941 bits per heavy atom. The van der Waals surface area contributed by atoms with E-state index in [0.29, 0.717) is 53.8 Å². The third-order valence-electron chi connectivity index (χ3n) is 11.4. The summed E-state index contributed by atoms with van der Waals surface area (Å²) in [6, 6.07) is 11.7. The molecule has 0 aliphatic carbocycles. The summed E-state index contributed by atoms with van der Waals surface area (Å²) in [5, 5.41) is 0. The van der Waals surface area contributed by atoms with E-state index in [1.165, 1.54) is 38.8 Å². The van der Waals surface area contributed by atoms with Crippen LogP contribution in [0, 0.1) is 32.6 Å². The topological polar surface area (TPSA) is 90.5 Å². The number of benzene rings is 2. The van der Waals surface area contributed by atoms with Gasteiger partial charge in [0, 0.05) is 38.3 Å². The van der Waals surface area contributed by atoms with Crippen LogP contribution in [-0.2, 0) is 20.0 Å². The largest absolute Gasteiger partial charge is 1.00 e. The Morgan fingerprint density at radius 3 is 1.31 bits per heavy atom. The van der Waals surface area contributed by atoms with Crippen LogP contribution in [0.1, 0.15) is 81.9 Å². The number of likely N-dealkylation sites (tertiary alicyclic amines) is 2. The first kappa shape index (κ1) is 44.0. The van der Waals surface area contributed by atoms with Crippen LogP contribution in [0.3, 0.4) is 0 Å². The maximum atomic E-state index is 13.2. The zero-order valence-corrected chi connectivity index (χ0v) is 34.6. The van der Waals surface area contributed by atoms with Crippen molar-refractivity contribution in [2.45, 2.75) is 108 Å². The summed E-state index contributed by atoms with van der Waals surface area (Å²) in [4.78, 5) is 6.03. The minimum absolute atomic E-state index is 0. The Balaban J connectivity index is 0.000000265. The van der Waals surface area contributed by atoms with Crippen molar-refractivity contribution in [3.8, 4) is 5.75 Å². The van der Waals surface area contributed by atoms with E-state index in [0.717, 1.165) is 67.3 Å². The maximum absolute atomic E-state index is 13.2. The summed E-state index contributed by atoms with van der Waals surface area (Å²) in [5.41, 5.74) is 2.85. The highest BCUT2D eigenvalue weighted by molar-refractivity contribution is 7.89. The molecule has 4 aliphatic rings. The highest BCUT2D eigenvalue weighted by atomic mass is 35.5. The zero-order chi connectivity index (χ0) is 35.3. The van der Waals surface area contributed by atoms with Gasteiger partial charge in [-0.2, -0.15) is 8.61 Å². The molecule has 2 aromatic rings. The zero-order valence-electron chi connectivity index (χ0n) is 31.5. The molecule has 4 heterocycles. The molecule has 13 heteroatoms. The molecule has 0 amide bonds. The predicted octanol–water partition coefficient (Wildman–Crippen LogP) is 0.0851. The molecular formula is C38H60Cl2N4O5S2-2. The first-order valence-electron chi connectivity index (χ1n) is 18.5. The van der Waals surface area contributed by atoms with E-state index < -0.39 is 20.0 Å². The first-order chi connectivity index (χ1) is 23.3. The smallest absolute Gasteiger partial charge is 0.243 e. The van der Waals surface area contributed by atoms with Crippen molar-refractivity contribution in [2.24, 2.45) is 11.8 Å². The van der Waals surface area contributed by atoms with Gasteiger partial charge in [0.25, 0.3) is 0 Å². The Morgan fingerprint density at radius 1 is 0.569 bits per heavy atom. The lowest BCUT2D eigenvalue weighted by molar-refractivity contribution is -0.00100. The highest BCUT2D eigenvalue weighted by Crippen LogP contribution is 2.30. The normalized spacial score (nSPS) is 21.6. The Bertz CT molecular complexity index is 1570. The standard InChI is InChI=1S/C20H32N2O2S.C18H28N2O3S.2ClH/c1-15-5-9-21(10-6-15)19-7-11-22(12-8-19)25(23,24)20-17(3)13-16(2)14-18(20)4;1-15-7-11-19(12-8-15)16-9-13-20(14-10-16)24(21,22)18-5-3-17(23-2)4-6-18;;/h13-15,19H,5-12H2,1-4H3;3-6,15-16H,7-14H2,1-2H3;2*1H/p-2. The van der Waals surface area contributed by atoms with Crippen LogP contribution in [0.5, 0.6) is 5.75 Å². The van der Waals surface area contributed by atoms with Crippen LogP contribution in [0.4, 0.5) is 0 Å². The summed E-state index contributed by atoms with van der Waals surface area (Å²) in [7, 11) is -5.20. The van der Waals surface area contributed by atoms with E-state index in [1.54, 1.807) is 40.0 Å². The molecule has 0 bridgehead atoms. The molecule has 290 valence electrons. The average molecular weight is 788 g/mol. The number of hydrogen-bond acceptors (Lipinski definition) is 7. The van der Waals surface area contributed by atoms with Crippen molar-refractivity contribution in [2.75, 3.05) is 59.5 Å². The molecule has 9 nitrogen and oxygen atoms in total. The number of aryl methyl sites for hydroxylation is 3. The Kier molecular flexibility index (Phi) is 16.6. The van der Waals surface area contributed by atoms with Gasteiger partial charge in [-0.3, -0.25) is 0 Å². The fraction of sp³-hybridized carbons (Fsp3) is 0.684. The van der Waals surface area contributed by atoms with Crippen LogP contribution in [0.15, 0.2) is 46.2 Å². The van der Waals surface area contributed by atoms with Gasteiger partial charge in [0.05, 0.1) is 16.9 Å². The van der Waals surface area contributed by atoms with Crippen molar-refractivity contribution < 1.29 is 46.4 Å². The summed E-state index contributed by atoms with van der Waals surface area (Å²) < 4.78 is 60.4. The van der Waals surface area contributed by atoms with Gasteiger partial charge in [-0.05, 0) is 146 Å². The third kappa shape index (κ3) is 10.8. The van der Waals surface area contributed by atoms with E-state index >= 15 is 0 Å². The fourth-order valence-electron chi connectivity index (χ4n) is 8.28. The summed E-state index contributed by atoms with van der Waals surface area (Å²) >= 11 is 0. The summed E-state index contributed by atoms with van der Waals surface area (Å²) in [6.45, 7) is 17.7. The van der Waals surface area contributed by atoms with E-state index in [-0.39, 0.29) is 24.8 Å². The monoisotopic (exact) mass is 786 g/mol. The number of halogens is 2. The lowest BCUT2D eigenvalue weighted by atomic mass is 9.95. The number of nitrogens with zero attached hydrogens (tertiary/aromatic N) is 4. The molecule has 0 N–H and O–H groups in total. The van der Waals surface area contributed by atoms with E-state index in [4.69, 9.17) is 4.74 Å². The second kappa shape index (κ2) is 19.2. The minimum Gasteiger partial charge on any atom is -1.00 e. The summed E-state index contributed by atoms with van der Waals surface area (Å²) in [6.07, 6.45) is 8.87.